The van der Waals surface area contributed by atoms with Crippen LogP contribution in [-0.4, -0.2) is 55.1 Å². The number of rotatable bonds is 7. The maximum atomic E-state index is 12.6. The predicted octanol–water partition coefficient (Wildman–Crippen LogP) is 3.68. The van der Waals surface area contributed by atoms with E-state index in [1.54, 1.807) is 0 Å². The van der Waals surface area contributed by atoms with Gasteiger partial charge in [-0.1, -0.05) is 43.3 Å². The molecular weight excluding hydrogens is 386 g/mol. The fraction of sp³-hybridized carbons (Fsp3) is 0.500. The van der Waals surface area contributed by atoms with Gasteiger partial charge in [0.05, 0.1) is 13.2 Å². The molecule has 2 heterocycles. The molecule has 2 aromatic rings. The lowest BCUT2D eigenvalue weighted by atomic mass is 9.99. The zero-order valence-corrected chi connectivity index (χ0v) is 18.7. The number of carbonyl (C=O) groups is 1. The van der Waals surface area contributed by atoms with Gasteiger partial charge in [0.25, 0.3) is 5.91 Å². The van der Waals surface area contributed by atoms with Crippen LogP contribution in [0.15, 0.2) is 48.5 Å². The Morgan fingerprint density at radius 3 is 2.48 bits per heavy atom. The normalized spacial score (nSPS) is 20.5. The first-order valence-electron chi connectivity index (χ1n) is 11.6. The van der Waals surface area contributed by atoms with E-state index in [4.69, 9.17) is 4.74 Å². The van der Waals surface area contributed by atoms with Crippen molar-refractivity contribution in [3.63, 3.8) is 0 Å². The number of hydrogen-bond donors (Lipinski definition) is 1. The topological polar surface area (TPSA) is 44.8 Å². The third-order valence-corrected chi connectivity index (χ3v) is 6.32. The molecular formula is C26H35N3O2. The molecule has 0 bridgehead atoms. The fourth-order valence-electron chi connectivity index (χ4n) is 4.59. The van der Waals surface area contributed by atoms with E-state index in [0.717, 1.165) is 56.4 Å². The van der Waals surface area contributed by atoms with Crippen molar-refractivity contribution >= 4 is 5.91 Å². The van der Waals surface area contributed by atoms with Crippen LogP contribution in [0.2, 0.25) is 0 Å². The molecule has 2 aromatic carbocycles. The van der Waals surface area contributed by atoms with Crippen LogP contribution in [0.5, 0.6) is 0 Å². The Hall–Kier alpha value is -2.21. The molecule has 0 spiro atoms. The molecule has 31 heavy (non-hydrogen) atoms. The molecule has 1 unspecified atom stereocenters. The number of nitrogens with one attached hydrogen (secondary N) is 1. The van der Waals surface area contributed by atoms with Crippen molar-refractivity contribution in [2.24, 2.45) is 5.92 Å². The van der Waals surface area contributed by atoms with Crippen LogP contribution in [0.25, 0.3) is 0 Å². The summed E-state index contributed by atoms with van der Waals surface area (Å²) in [7, 11) is 0. The Balaban J connectivity index is 1.27. The van der Waals surface area contributed by atoms with Gasteiger partial charge in [-0.3, -0.25) is 14.6 Å². The molecule has 4 rings (SSSR count). The Kier molecular flexibility index (Phi) is 7.73. The predicted molar refractivity (Wildman–Crippen MR) is 124 cm³/mol. The van der Waals surface area contributed by atoms with Gasteiger partial charge in [-0.25, -0.2) is 0 Å². The number of nitrogens with zero attached hydrogens (tertiary/aromatic N) is 2. The summed E-state index contributed by atoms with van der Waals surface area (Å²) in [6.07, 6.45) is 2.63. The first-order chi connectivity index (χ1) is 15.2. The van der Waals surface area contributed by atoms with E-state index in [1.807, 2.05) is 12.1 Å². The SMILES string of the molecule is CC1CCCN(Cc2ccc(C(=O)NCc3cccc(CN4CCOCC4)c3)cc2)C1. The van der Waals surface area contributed by atoms with Crippen molar-refractivity contribution in [2.45, 2.75) is 39.4 Å². The molecule has 0 aromatic heterocycles. The minimum Gasteiger partial charge on any atom is -0.379 e. The molecule has 166 valence electrons. The van der Waals surface area contributed by atoms with Crippen LogP contribution in [0.3, 0.4) is 0 Å². The third kappa shape index (κ3) is 6.63. The van der Waals surface area contributed by atoms with E-state index in [1.165, 1.54) is 37.1 Å². The van der Waals surface area contributed by atoms with Gasteiger partial charge < -0.3 is 10.1 Å². The molecule has 2 aliphatic heterocycles. The monoisotopic (exact) mass is 421 g/mol. The molecule has 1 atom stereocenters. The largest absolute Gasteiger partial charge is 0.379 e. The second kappa shape index (κ2) is 10.9. The quantitative estimate of drug-likeness (QED) is 0.741. The van der Waals surface area contributed by atoms with E-state index in [-0.39, 0.29) is 5.91 Å². The van der Waals surface area contributed by atoms with Crippen LogP contribution in [0.1, 0.15) is 46.8 Å². The Bertz CT molecular complexity index is 846. The van der Waals surface area contributed by atoms with Gasteiger partial charge in [-0.05, 0) is 54.1 Å². The Morgan fingerprint density at radius 2 is 1.71 bits per heavy atom. The number of morpholine rings is 1. The molecule has 2 aliphatic rings. The standard InChI is InChI=1S/C26H35N3O2/c1-21-4-3-11-29(18-21)19-22-7-9-25(10-8-22)26(30)27-17-23-5-2-6-24(16-23)20-28-12-14-31-15-13-28/h2,5-10,16,21H,3-4,11-15,17-20H2,1H3,(H,27,30). The molecule has 2 fully saturated rings. The number of carbonyl (C=O) groups excluding carboxylic acids is 1. The van der Waals surface area contributed by atoms with Gasteiger partial charge in [-0.2, -0.15) is 0 Å². The third-order valence-electron chi connectivity index (χ3n) is 6.32. The van der Waals surface area contributed by atoms with Crippen LogP contribution in [-0.2, 0) is 24.4 Å². The highest BCUT2D eigenvalue weighted by atomic mass is 16.5. The zero-order valence-electron chi connectivity index (χ0n) is 18.7. The lowest BCUT2D eigenvalue weighted by Crippen LogP contribution is -2.35. The van der Waals surface area contributed by atoms with Crippen molar-refractivity contribution in [2.75, 3.05) is 39.4 Å². The number of amides is 1. The fourth-order valence-corrected chi connectivity index (χ4v) is 4.59. The molecule has 1 N–H and O–H groups in total. The van der Waals surface area contributed by atoms with Gasteiger partial charge >= 0.3 is 0 Å². The summed E-state index contributed by atoms with van der Waals surface area (Å²) in [5.41, 5.74) is 4.42. The average molecular weight is 422 g/mol. The summed E-state index contributed by atoms with van der Waals surface area (Å²) in [4.78, 5) is 17.6. The summed E-state index contributed by atoms with van der Waals surface area (Å²) < 4.78 is 5.43. The second-order valence-electron chi connectivity index (χ2n) is 9.07. The number of likely N-dealkylation sites (tertiary alicyclic amines) is 1. The molecule has 0 aliphatic carbocycles. The highest BCUT2D eigenvalue weighted by Gasteiger charge is 2.16. The van der Waals surface area contributed by atoms with E-state index in [9.17, 15) is 4.79 Å². The molecule has 0 saturated carbocycles. The van der Waals surface area contributed by atoms with Crippen molar-refractivity contribution in [3.05, 3.63) is 70.8 Å². The first-order valence-corrected chi connectivity index (χ1v) is 11.6. The van der Waals surface area contributed by atoms with E-state index < -0.39 is 0 Å². The number of benzene rings is 2. The Labute approximate surface area is 186 Å². The van der Waals surface area contributed by atoms with Crippen LogP contribution >= 0.6 is 0 Å². The van der Waals surface area contributed by atoms with Crippen molar-refractivity contribution in [3.8, 4) is 0 Å². The molecule has 2 saturated heterocycles. The average Bonchev–Trinajstić information content (AvgIpc) is 2.79. The minimum atomic E-state index is -0.0169. The van der Waals surface area contributed by atoms with Gasteiger partial charge in [0.15, 0.2) is 0 Å². The maximum Gasteiger partial charge on any atom is 0.251 e. The Morgan fingerprint density at radius 1 is 0.968 bits per heavy atom. The molecule has 0 radical (unpaired) electrons. The first kappa shape index (κ1) is 22.0. The van der Waals surface area contributed by atoms with E-state index in [2.05, 4.69) is 58.4 Å². The van der Waals surface area contributed by atoms with E-state index in [0.29, 0.717) is 6.54 Å². The minimum absolute atomic E-state index is 0.0169. The van der Waals surface area contributed by atoms with Crippen molar-refractivity contribution in [1.82, 2.24) is 15.1 Å². The summed E-state index contributed by atoms with van der Waals surface area (Å²) in [6.45, 7) is 10.7. The van der Waals surface area contributed by atoms with Crippen LogP contribution in [0, 0.1) is 5.92 Å². The zero-order chi connectivity index (χ0) is 21.5. The summed E-state index contributed by atoms with van der Waals surface area (Å²) >= 11 is 0. The molecule has 5 heteroatoms. The van der Waals surface area contributed by atoms with Crippen LogP contribution in [0.4, 0.5) is 0 Å². The second-order valence-corrected chi connectivity index (χ2v) is 9.07. The summed E-state index contributed by atoms with van der Waals surface area (Å²) in [5, 5.41) is 3.07. The van der Waals surface area contributed by atoms with Gasteiger partial charge in [0.2, 0.25) is 0 Å². The van der Waals surface area contributed by atoms with Crippen molar-refractivity contribution < 1.29 is 9.53 Å². The smallest absolute Gasteiger partial charge is 0.251 e. The van der Waals surface area contributed by atoms with Gasteiger partial charge in [-0.15, -0.1) is 0 Å². The lowest BCUT2D eigenvalue weighted by Gasteiger charge is -2.30. The highest BCUT2D eigenvalue weighted by molar-refractivity contribution is 5.94. The molecule has 1 amide bonds. The maximum absolute atomic E-state index is 12.6. The molecule has 5 nitrogen and oxygen atoms in total. The number of piperidine rings is 1. The van der Waals surface area contributed by atoms with Gasteiger partial charge in [0, 0.05) is 44.8 Å². The lowest BCUT2D eigenvalue weighted by molar-refractivity contribution is 0.0342. The van der Waals surface area contributed by atoms with Gasteiger partial charge in [0.1, 0.15) is 0 Å². The summed E-state index contributed by atoms with van der Waals surface area (Å²) in [6, 6.07) is 16.6. The number of hydrogen-bond acceptors (Lipinski definition) is 4. The highest BCUT2D eigenvalue weighted by Crippen LogP contribution is 2.18. The number of ether oxygens (including phenoxy) is 1. The summed E-state index contributed by atoms with van der Waals surface area (Å²) in [5.74, 6) is 0.767. The van der Waals surface area contributed by atoms with Crippen LogP contribution < -0.4 is 5.32 Å². The van der Waals surface area contributed by atoms with E-state index >= 15 is 0 Å². The van der Waals surface area contributed by atoms with Crippen molar-refractivity contribution in [1.29, 1.82) is 0 Å².